The quantitative estimate of drug-likeness (QED) is 0.469. The third-order valence-corrected chi connectivity index (χ3v) is 2.62. The highest BCUT2D eigenvalue weighted by Crippen LogP contribution is 2.13. The first-order chi connectivity index (χ1) is 4.10. The van der Waals surface area contributed by atoms with Crippen LogP contribution in [0.15, 0.2) is 0 Å². The van der Waals surface area contributed by atoms with Gasteiger partial charge in [0.25, 0.3) is 10.1 Å². The molecule has 4 heteroatoms. The fourth-order valence-electron chi connectivity index (χ4n) is 0.708. The second-order valence-corrected chi connectivity index (χ2v) is 4.20. The van der Waals surface area contributed by atoms with E-state index in [0.717, 1.165) is 6.42 Å². The summed E-state index contributed by atoms with van der Waals surface area (Å²) < 4.78 is 25.7. The van der Waals surface area contributed by atoms with Gasteiger partial charge in [0.05, 0.1) is 12.4 Å². The first-order valence-corrected chi connectivity index (χ1v) is 4.55. The van der Waals surface area contributed by atoms with Crippen molar-refractivity contribution in [1.29, 1.82) is 0 Å². The standard InChI is InChI=1S/C5H10O3S/c1-5-2-3-9(6,7)8-4-5/h5H,2-4H2,1H3. The van der Waals surface area contributed by atoms with Crippen LogP contribution in [-0.4, -0.2) is 20.8 Å². The van der Waals surface area contributed by atoms with Gasteiger partial charge in [0.15, 0.2) is 0 Å². The summed E-state index contributed by atoms with van der Waals surface area (Å²) in [6.07, 6.45) is 0.738. The molecule has 1 fully saturated rings. The molecule has 1 saturated heterocycles. The van der Waals surface area contributed by atoms with Gasteiger partial charge in [-0.2, -0.15) is 8.42 Å². The van der Waals surface area contributed by atoms with Gasteiger partial charge < -0.3 is 0 Å². The molecule has 0 N–H and O–H groups in total. The molecular weight excluding hydrogens is 140 g/mol. The number of hydrogen-bond donors (Lipinski definition) is 0. The van der Waals surface area contributed by atoms with E-state index in [1.165, 1.54) is 0 Å². The second-order valence-electron chi connectivity index (χ2n) is 2.44. The van der Waals surface area contributed by atoms with Crippen molar-refractivity contribution in [3.63, 3.8) is 0 Å². The van der Waals surface area contributed by atoms with E-state index in [1.807, 2.05) is 6.92 Å². The molecule has 1 aliphatic heterocycles. The highest BCUT2D eigenvalue weighted by atomic mass is 32.2. The monoisotopic (exact) mass is 150 g/mol. The molecule has 0 radical (unpaired) electrons. The zero-order valence-electron chi connectivity index (χ0n) is 5.33. The summed E-state index contributed by atoms with van der Waals surface area (Å²) in [5.41, 5.74) is 0. The molecule has 1 aliphatic rings. The Hall–Kier alpha value is -0.0900. The van der Waals surface area contributed by atoms with Gasteiger partial charge in [-0.15, -0.1) is 0 Å². The lowest BCUT2D eigenvalue weighted by atomic mass is 10.1. The predicted molar refractivity (Wildman–Crippen MR) is 33.5 cm³/mol. The summed E-state index contributed by atoms with van der Waals surface area (Å²) in [6.45, 7) is 2.34. The fraction of sp³-hybridized carbons (Fsp3) is 1.00. The van der Waals surface area contributed by atoms with Crippen molar-refractivity contribution in [2.45, 2.75) is 13.3 Å². The van der Waals surface area contributed by atoms with Crippen LogP contribution in [-0.2, 0) is 14.3 Å². The Morgan fingerprint density at radius 3 is 2.56 bits per heavy atom. The molecule has 0 aromatic heterocycles. The molecule has 0 amide bonds. The van der Waals surface area contributed by atoms with Crippen LogP contribution in [0.5, 0.6) is 0 Å². The van der Waals surface area contributed by atoms with Gasteiger partial charge in [-0.1, -0.05) is 6.92 Å². The van der Waals surface area contributed by atoms with Gasteiger partial charge in [0.1, 0.15) is 0 Å². The maximum Gasteiger partial charge on any atom is 0.267 e. The van der Waals surface area contributed by atoms with E-state index >= 15 is 0 Å². The lowest BCUT2D eigenvalue weighted by Crippen LogP contribution is -2.23. The summed E-state index contributed by atoms with van der Waals surface area (Å²) >= 11 is 0. The molecule has 0 saturated carbocycles. The van der Waals surface area contributed by atoms with Crippen molar-refractivity contribution in [2.75, 3.05) is 12.4 Å². The largest absolute Gasteiger partial charge is 0.270 e. The van der Waals surface area contributed by atoms with Crippen molar-refractivity contribution in [3.8, 4) is 0 Å². The lowest BCUT2D eigenvalue weighted by molar-refractivity contribution is 0.239. The molecule has 1 rings (SSSR count). The van der Waals surface area contributed by atoms with Crippen LogP contribution in [0.4, 0.5) is 0 Å². The van der Waals surface area contributed by atoms with E-state index in [-0.39, 0.29) is 5.75 Å². The summed E-state index contributed by atoms with van der Waals surface area (Å²) in [7, 11) is -3.12. The Morgan fingerprint density at radius 2 is 2.22 bits per heavy atom. The average Bonchev–Trinajstić information content (AvgIpc) is 1.78. The molecule has 0 aromatic carbocycles. The van der Waals surface area contributed by atoms with Crippen molar-refractivity contribution >= 4 is 10.1 Å². The normalized spacial score (nSPS) is 34.1. The minimum Gasteiger partial charge on any atom is -0.270 e. The minimum absolute atomic E-state index is 0.189. The zero-order valence-corrected chi connectivity index (χ0v) is 6.15. The lowest BCUT2D eigenvalue weighted by Gasteiger charge is -2.16. The number of rotatable bonds is 0. The van der Waals surface area contributed by atoms with Crippen molar-refractivity contribution < 1.29 is 12.6 Å². The van der Waals surface area contributed by atoms with E-state index in [0.29, 0.717) is 12.5 Å². The highest BCUT2D eigenvalue weighted by Gasteiger charge is 2.20. The van der Waals surface area contributed by atoms with E-state index in [2.05, 4.69) is 4.18 Å². The van der Waals surface area contributed by atoms with Crippen LogP contribution >= 0.6 is 0 Å². The molecule has 0 aliphatic carbocycles. The average molecular weight is 150 g/mol. The Labute approximate surface area is 55.1 Å². The van der Waals surface area contributed by atoms with Crippen LogP contribution in [0.2, 0.25) is 0 Å². The molecule has 1 atom stereocenters. The summed E-state index contributed by atoms with van der Waals surface area (Å²) in [5.74, 6) is 0.585. The molecular formula is C5H10O3S. The Bertz CT molecular complexity index is 168. The van der Waals surface area contributed by atoms with Crippen LogP contribution in [0.25, 0.3) is 0 Å². The van der Waals surface area contributed by atoms with Gasteiger partial charge in [0, 0.05) is 0 Å². The van der Waals surface area contributed by atoms with Gasteiger partial charge >= 0.3 is 0 Å². The SMILES string of the molecule is CC1CCS(=O)(=O)OC1. The Balaban J connectivity index is 2.55. The molecule has 9 heavy (non-hydrogen) atoms. The maximum atomic E-state index is 10.6. The summed E-state index contributed by atoms with van der Waals surface area (Å²) in [6, 6.07) is 0. The molecule has 54 valence electrons. The van der Waals surface area contributed by atoms with Crippen LogP contribution in [0.3, 0.4) is 0 Å². The summed E-state index contributed by atoms with van der Waals surface area (Å²) in [4.78, 5) is 0. The van der Waals surface area contributed by atoms with E-state index in [9.17, 15) is 8.42 Å². The topological polar surface area (TPSA) is 43.4 Å². The van der Waals surface area contributed by atoms with E-state index in [4.69, 9.17) is 0 Å². The third kappa shape index (κ3) is 1.95. The molecule has 0 aromatic rings. The van der Waals surface area contributed by atoms with Crippen molar-refractivity contribution in [3.05, 3.63) is 0 Å². The van der Waals surface area contributed by atoms with Crippen LogP contribution in [0.1, 0.15) is 13.3 Å². The van der Waals surface area contributed by atoms with Crippen LogP contribution in [0, 0.1) is 5.92 Å². The Kier molecular flexibility index (Phi) is 1.77. The smallest absolute Gasteiger partial charge is 0.267 e. The van der Waals surface area contributed by atoms with Crippen molar-refractivity contribution in [1.82, 2.24) is 0 Å². The van der Waals surface area contributed by atoms with E-state index in [1.54, 1.807) is 0 Å². The van der Waals surface area contributed by atoms with Crippen LogP contribution < -0.4 is 0 Å². The fourth-order valence-corrected chi connectivity index (χ4v) is 1.96. The van der Waals surface area contributed by atoms with Gasteiger partial charge in [-0.25, -0.2) is 0 Å². The first kappa shape index (κ1) is 7.02. The van der Waals surface area contributed by atoms with Gasteiger partial charge in [-0.05, 0) is 12.3 Å². The number of hydrogen-bond acceptors (Lipinski definition) is 3. The van der Waals surface area contributed by atoms with Gasteiger partial charge in [0.2, 0.25) is 0 Å². The first-order valence-electron chi connectivity index (χ1n) is 2.97. The zero-order chi connectivity index (χ0) is 6.91. The van der Waals surface area contributed by atoms with E-state index < -0.39 is 10.1 Å². The van der Waals surface area contributed by atoms with Gasteiger partial charge in [-0.3, -0.25) is 4.18 Å². The molecule has 3 nitrogen and oxygen atoms in total. The Morgan fingerprint density at radius 1 is 1.56 bits per heavy atom. The molecule has 0 spiro atoms. The minimum atomic E-state index is -3.12. The maximum absolute atomic E-state index is 10.6. The summed E-state index contributed by atoms with van der Waals surface area (Å²) in [5, 5.41) is 0. The molecule has 1 unspecified atom stereocenters. The molecule has 0 bridgehead atoms. The molecule has 1 heterocycles. The second kappa shape index (κ2) is 2.27. The predicted octanol–water partition coefficient (Wildman–Crippen LogP) is 0.373. The highest BCUT2D eigenvalue weighted by molar-refractivity contribution is 7.86. The van der Waals surface area contributed by atoms with Crippen molar-refractivity contribution in [2.24, 2.45) is 5.92 Å². The third-order valence-electron chi connectivity index (χ3n) is 1.39.